The topological polar surface area (TPSA) is 54.4 Å². The van der Waals surface area contributed by atoms with Gasteiger partial charge in [0.1, 0.15) is 4.21 Å². The number of aryl methyl sites for hydroxylation is 1. The number of hydrogen-bond donors (Lipinski definition) is 1. The maximum Gasteiger partial charge on any atom is 0.304 e. The van der Waals surface area contributed by atoms with Gasteiger partial charge in [0, 0.05) is 0 Å². The molecule has 0 saturated heterocycles. The predicted molar refractivity (Wildman–Crippen MR) is 38.9 cm³/mol. The molecule has 0 bridgehead atoms. The molecule has 0 unspecified atom stereocenters. The van der Waals surface area contributed by atoms with E-state index in [0.717, 1.165) is 11.3 Å². The fraction of sp³-hybridized carbons (Fsp3) is 0.200. The highest BCUT2D eigenvalue weighted by Crippen LogP contribution is 2.20. The highest BCUT2D eigenvalue weighted by molar-refractivity contribution is 7.88. The van der Waals surface area contributed by atoms with Crippen LogP contribution in [0.15, 0.2) is 15.7 Å². The summed E-state index contributed by atoms with van der Waals surface area (Å²) >= 11 is 1.02. The lowest BCUT2D eigenvalue weighted by Crippen LogP contribution is -1.95. The van der Waals surface area contributed by atoms with Crippen LogP contribution in [0.2, 0.25) is 0 Å². The largest absolute Gasteiger partial charge is 0.304 e. The Morgan fingerprint density at radius 1 is 1.60 bits per heavy atom. The van der Waals surface area contributed by atoms with E-state index in [0.29, 0.717) is 5.56 Å². The molecule has 1 rings (SSSR count). The van der Waals surface area contributed by atoms with Gasteiger partial charge < -0.3 is 0 Å². The Kier molecular flexibility index (Phi) is 1.80. The summed E-state index contributed by atoms with van der Waals surface area (Å²) in [6.07, 6.45) is 0. The van der Waals surface area contributed by atoms with E-state index in [9.17, 15) is 8.42 Å². The molecule has 0 radical (unpaired) electrons. The molecule has 0 amide bonds. The predicted octanol–water partition coefficient (Wildman–Crippen LogP) is 1.30. The molecule has 0 aliphatic rings. The molecule has 5 heteroatoms. The summed E-state index contributed by atoms with van der Waals surface area (Å²) in [6.45, 7) is 1.64. The monoisotopic (exact) mass is 178 g/mol. The van der Waals surface area contributed by atoms with Crippen molar-refractivity contribution in [3.05, 3.63) is 17.0 Å². The van der Waals surface area contributed by atoms with E-state index in [-0.39, 0.29) is 4.21 Å². The smallest absolute Gasteiger partial charge is 0.281 e. The third kappa shape index (κ3) is 1.36. The quantitative estimate of drug-likeness (QED) is 0.659. The van der Waals surface area contributed by atoms with Gasteiger partial charge in [0.05, 0.1) is 0 Å². The van der Waals surface area contributed by atoms with Crippen LogP contribution < -0.4 is 0 Å². The van der Waals surface area contributed by atoms with Crippen LogP contribution in [-0.4, -0.2) is 13.0 Å². The summed E-state index contributed by atoms with van der Waals surface area (Å²) in [6, 6.07) is 1.65. The normalized spacial score (nSPS) is 11.8. The summed E-state index contributed by atoms with van der Waals surface area (Å²) in [7, 11) is -3.97. The molecule has 0 atom stereocenters. The van der Waals surface area contributed by atoms with Gasteiger partial charge in [-0.3, -0.25) is 4.55 Å². The summed E-state index contributed by atoms with van der Waals surface area (Å²) in [5.41, 5.74) is 0.590. The third-order valence-corrected chi connectivity index (χ3v) is 3.57. The fourth-order valence-corrected chi connectivity index (χ4v) is 2.40. The maximum absolute atomic E-state index is 10.5. The van der Waals surface area contributed by atoms with Crippen LogP contribution in [0, 0.1) is 6.92 Å². The fourth-order valence-electron chi connectivity index (χ4n) is 0.623. The van der Waals surface area contributed by atoms with Gasteiger partial charge in [-0.05, 0) is 23.9 Å². The zero-order chi connectivity index (χ0) is 7.78. The lowest BCUT2D eigenvalue weighted by Gasteiger charge is -1.90. The molecule has 0 aliphatic carbocycles. The van der Waals surface area contributed by atoms with Crippen molar-refractivity contribution in [3.8, 4) is 0 Å². The van der Waals surface area contributed by atoms with Crippen molar-refractivity contribution in [2.45, 2.75) is 11.1 Å². The number of hydrogen-bond acceptors (Lipinski definition) is 3. The van der Waals surface area contributed by atoms with Crippen LogP contribution in [0.25, 0.3) is 0 Å². The highest BCUT2D eigenvalue weighted by Gasteiger charge is 2.13. The Morgan fingerprint density at radius 2 is 2.20 bits per heavy atom. The van der Waals surface area contributed by atoms with Crippen molar-refractivity contribution in [3.63, 3.8) is 0 Å². The van der Waals surface area contributed by atoms with Gasteiger partial charge in [0.15, 0.2) is 0 Å². The molecule has 0 aliphatic heterocycles. The van der Waals surface area contributed by atoms with E-state index in [1.807, 2.05) is 0 Å². The van der Waals surface area contributed by atoms with Gasteiger partial charge in [0.2, 0.25) is 0 Å². The Bertz CT molecular complexity index is 322. The minimum atomic E-state index is -3.97. The minimum absolute atomic E-state index is 0.0347. The third-order valence-electron chi connectivity index (χ3n) is 1.05. The molecule has 1 heterocycles. The van der Waals surface area contributed by atoms with Gasteiger partial charge >= 0.3 is 10.1 Å². The van der Waals surface area contributed by atoms with Crippen LogP contribution in [0.3, 0.4) is 0 Å². The van der Waals surface area contributed by atoms with Crippen LogP contribution in [0.4, 0.5) is 0 Å². The molecule has 0 saturated carbocycles. The molecule has 1 N–H and O–H groups in total. The molecular formula is C5H6O3S2. The first-order valence-electron chi connectivity index (χ1n) is 2.53. The minimum Gasteiger partial charge on any atom is -0.281 e. The van der Waals surface area contributed by atoms with Crippen LogP contribution >= 0.6 is 11.3 Å². The van der Waals surface area contributed by atoms with Crippen LogP contribution in [-0.2, 0) is 10.1 Å². The van der Waals surface area contributed by atoms with E-state index >= 15 is 0 Å². The van der Waals surface area contributed by atoms with Crippen LogP contribution in [0.5, 0.6) is 0 Å². The van der Waals surface area contributed by atoms with Gasteiger partial charge in [-0.25, -0.2) is 0 Å². The van der Waals surface area contributed by atoms with Crippen molar-refractivity contribution in [2.75, 3.05) is 0 Å². The summed E-state index contributed by atoms with van der Waals surface area (Å²) in [5.74, 6) is 0. The van der Waals surface area contributed by atoms with E-state index in [1.165, 1.54) is 0 Å². The second-order valence-electron chi connectivity index (χ2n) is 1.87. The van der Waals surface area contributed by atoms with Gasteiger partial charge in [-0.2, -0.15) is 8.42 Å². The molecular weight excluding hydrogens is 172 g/mol. The Morgan fingerprint density at radius 3 is 2.40 bits per heavy atom. The number of thiophene rings is 1. The zero-order valence-electron chi connectivity index (χ0n) is 5.23. The van der Waals surface area contributed by atoms with E-state index in [2.05, 4.69) is 0 Å². The van der Waals surface area contributed by atoms with E-state index in [1.54, 1.807) is 18.4 Å². The highest BCUT2D eigenvalue weighted by atomic mass is 32.3. The second kappa shape index (κ2) is 2.34. The molecule has 0 spiro atoms. The molecule has 10 heavy (non-hydrogen) atoms. The summed E-state index contributed by atoms with van der Waals surface area (Å²) in [5, 5.41) is 1.62. The maximum atomic E-state index is 10.5. The lowest BCUT2D eigenvalue weighted by molar-refractivity contribution is 0.485. The lowest BCUT2D eigenvalue weighted by atomic mass is 10.4. The molecule has 56 valence electrons. The molecule has 0 aromatic carbocycles. The van der Waals surface area contributed by atoms with Gasteiger partial charge in [0.25, 0.3) is 0 Å². The molecule has 1 aromatic heterocycles. The zero-order valence-corrected chi connectivity index (χ0v) is 6.87. The Balaban J connectivity index is 3.32. The first kappa shape index (κ1) is 7.71. The van der Waals surface area contributed by atoms with E-state index in [4.69, 9.17) is 4.55 Å². The van der Waals surface area contributed by atoms with Crippen molar-refractivity contribution < 1.29 is 13.0 Å². The first-order chi connectivity index (χ1) is 4.52. The average Bonchev–Trinajstić information content (AvgIpc) is 2.11. The SMILES string of the molecule is Cc1ccsc1S(=O)(=O)O. The van der Waals surface area contributed by atoms with Gasteiger partial charge in [-0.15, -0.1) is 11.3 Å². The molecule has 3 nitrogen and oxygen atoms in total. The van der Waals surface area contributed by atoms with Gasteiger partial charge in [-0.1, -0.05) is 0 Å². The molecule has 0 fully saturated rings. The molecule has 1 aromatic rings. The van der Waals surface area contributed by atoms with Crippen molar-refractivity contribution >= 4 is 21.5 Å². The number of rotatable bonds is 1. The Labute approximate surface area is 63.1 Å². The average molecular weight is 178 g/mol. The first-order valence-corrected chi connectivity index (χ1v) is 4.85. The summed E-state index contributed by atoms with van der Waals surface area (Å²) in [4.78, 5) is 0. The van der Waals surface area contributed by atoms with E-state index < -0.39 is 10.1 Å². The van der Waals surface area contributed by atoms with Crippen molar-refractivity contribution in [2.24, 2.45) is 0 Å². The van der Waals surface area contributed by atoms with Crippen LogP contribution in [0.1, 0.15) is 5.56 Å². The standard InChI is InChI=1S/C5H6O3S2/c1-4-2-3-9-5(4)10(6,7)8/h2-3H,1H3,(H,6,7,8). The second-order valence-corrected chi connectivity index (χ2v) is 4.40. The Hall–Kier alpha value is -0.390. The summed E-state index contributed by atoms with van der Waals surface area (Å²) < 4.78 is 29.5. The van der Waals surface area contributed by atoms with Crippen molar-refractivity contribution in [1.29, 1.82) is 0 Å². The van der Waals surface area contributed by atoms with Crippen molar-refractivity contribution in [1.82, 2.24) is 0 Å².